The molecule has 81 heavy (non-hydrogen) atoms. The summed E-state index contributed by atoms with van der Waals surface area (Å²) in [5.41, 5.74) is 0. The molecule has 0 saturated heterocycles. The third-order valence-corrected chi connectivity index (χ3v) is 14.1. The van der Waals surface area contributed by atoms with Crippen LogP contribution < -0.4 is 0 Å². The second-order valence-corrected chi connectivity index (χ2v) is 22.0. The number of allylic oxidation sites excluding steroid dienone is 22. The van der Waals surface area contributed by atoms with E-state index in [1.54, 1.807) is 0 Å². The van der Waals surface area contributed by atoms with Crippen molar-refractivity contribution < 1.29 is 28.6 Å². The van der Waals surface area contributed by atoms with Gasteiger partial charge in [0.05, 0.1) is 0 Å². The highest BCUT2D eigenvalue weighted by Crippen LogP contribution is 2.15. The minimum atomic E-state index is -0.795. The maximum atomic E-state index is 12.9. The Labute approximate surface area is 500 Å². The molecule has 0 aromatic rings. The van der Waals surface area contributed by atoms with Gasteiger partial charge in [0.25, 0.3) is 0 Å². The molecule has 6 nitrogen and oxygen atoms in total. The molecule has 0 aromatic heterocycles. The van der Waals surface area contributed by atoms with Gasteiger partial charge in [-0.05, 0) is 122 Å². The summed E-state index contributed by atoms with van der Waals surface area (Å²) in [6, 6.07) is 0. The average molecular weight is 1120 g/mol. The van der Waals surface area contributed by atoms with E-state index in [1.807, 2.05) is 0 Å². The van der Waals surface area contributed by atoms with E-state index in [9.17, 15) is 14.4 Å². The van der Waals surface area contributed by atoms with Gasteiger partial charge < -0.3 is 14.2 Å². The Bertz CT molecular complexity index is 1720. The number of hydrogen-bond acceptors (Lipinski definition) is 6. The molecular weight excluding hydrogens is 997 g/mol. The van der Waals surface area contributed by atoms with Crippen LogP contribution in [0.5, 0.6) is 0 Å². The topological polar surface area (TPSA) is 78.9 Å². The molecule has 1 unspecified atom stereocenters. The predicted molar refractivity (Wildman–Crippen MR) is 353 cm³/mol. The Kier molecular flexibility index (Phi) is 64.3. The minimum absolute atomic E-state index is 0.0891. The fourth-order valence-corrected chi connectivity index (χ4v) is 9.11. The third kappa shape index (κ3) is 66.2. The summed E-state index contributed by atoms with van der Waals surface area (Å²) in [5, 5.41) is 0. The van der Waals surface area contributed by atoms with Crippen molar-refractivity contribution in [3.8, 4) is 0 Å². The molecule has 0 aliphatic carbocycles. The SMILES string of the molecule is CC/C=C\C/C=C\C/C=C\C/C=C\C/C=C\C/C=C\C/C=C\C/C=C\CCCCCCCCC(=O)OCC(COC(=O)CCCCCCCCCCCCC)OC(=O)CCCCCCCC/C=C\C/C=C\C/C=C\CCCCCCC. The second-order valence-electron chi connectivity index (χ2n) is 22.0. The summed E-state index contributed by atoms with van der Waals surface area (Å²) in [4.78, 5) is 38.3. The van der Waals surface area contributed by atoms with Crippen LogP contribution in [0.15, 0.2) is 134 Å². The number of ether oxygens (including phenoxy) is 3. The highest BCUT2D eigenvalue weighted by molar-refractivity contribution is 5.71. The fraction of sp³-hybridized carbons (Fsp3) is 0.667. The van der Waals surface area contributed by atoms with Gasteiger partial charge in [0.15, 0.2) is 6.10 Å². The van der Waals surface area contributed by atoms with Gasteiger partial charge in [-0.15, -0.1) is 0 Å². The van der Waals surface area contributed by atoms with Crippen LogP contribution in [0, 0.1) is 0 Å². The lowest BCUT2D eigenvalue weighted by molar-refractivity contribution is -0.167. The van der Waals surface area contributed by atoms with E-state index in [0.717, 1.165) is 148 Å². The molecule has 0 saturated carbocycles. The van der Waals surface area contributed by atoms with E-state index >= 15 is 0 Å². The van der Waals surface area contributed by atoms with Crippen molar-refractivity contribution in [3.05, 3.63) is 134 Å². The first-order chi connectivity index (χ1) is 40.0. The van der Waals surface area contributed by atoms with E-state index in [2.05, 4.69) is 154 Å². The van der Waals surface area contributed by atoms with Crippen LogP contribution in [0.3, 0.4) is 0 Å². The Morgan fingerprint density at radius 3 is 0.753 bits per heavy atom. The Morgan fingerprint density at radius 1 is 0.259 bits per heavy atom. The van der Waals surface area contributed by atoms with E-state index < -0.39 is 6.10 Å². The van der Waals surface area contributed by atoms with Gasteiger partial charge in [0, 0.05) is 19.3 Å². The molecule has 0 aromatic carbocycles. The molecule has 0 amide bonds. The van der Waals surface area contributed by atoms with Gasteiger partial charge in [-0.3, -0.25) is 14.4 Å². The molecule has 0 spiro atoms. The summed E-state index contributed by atoms with van der Waals surface area (Å²) in [5.74, 6) is -0.913. The first-order valence-corrected chi connectivity index (χ1v) is 33.7. The van der Waals surface area contributed by atoms with Gasteiger partial charge in [-0.2, -0.15) is 0 Å². The van der Waals surface area contributed by atoms with Crippen molar-refractivity contribution in [2.75, 3.05) is 13.2 Å². The summed E-state index contributed by atoms with van der Waals surface area (Å²) in [6.45, 7) is 6.50. The van der Waals surface area contributed by atoms with Crippen LogP contribution >= 0.6 is 0 Å². The number of carbonyl (C=O) groups excluding carboxylic acids is 3. The second kappa shape index (κ2) is 68.1. The van der Waals surface area contributed by atoms with Gasteiger partial charge in [0.1, 0.15) is 13.2 Å². The van der Waals surface area contributed by atoms with E-state index in [0.29, 0.717) is 19.3 Å². The molecule has 0 aliphatic heterocycles. The molecule has 1 atom stereocenters. The average Bonchev–Trinajstić information content (AvgIpc) is 3.47. The zero-order valence-corrected chi connectivity index (χ0v) is 52.8. The van der Waals surface area contributed by atoms with Gasteiger partial charge in [-0.25, -0.2) is 0 Å². The lowest BCUT2D eigenvalue weighted by Gasteiger charge is -2.18. The maximum Gasteiger partial charge on any atom is 0.306 e. The number of unbranched alkanes of at least 4 members (excludes halogenated alkanes) is 27. The van der Waals surface area contributed by atoms with E-state index in [1.165, 1.54) is 116 Å². The van der Waals surface area contributed by atoms with E-state index in [-0.39, 0.29) is 31.1 Å². The fourth-order valence-electron chi connectivity index (χ4n) is 9.11. The molecule has 0 N–H and O–H groups in total. The zero-order chi connectivity index (χ0) is 58.5. The van der Waals surface area contributed by atoms with Crippen LogP contribution in [-0.2, 0) is 28.6 Å². The summed E-state index contributed by atoms with van der Waals surface area (Å²) in [7, 11) is 0. The van der Waals surface area contributed by atoms with Crippen molar-refractivity contribution in [1.29, 1.82) is 0 Å². The molecule has 0 heterocycles. The summed E-state index contributed by atoms with van der Waals surface area (Å²) >= 11 is 0. The van der Waals surface area contributed by atoms with Crippen molar-refractivity contribution in [3.63, 3.8) is 0 Å². The van der Waals surface area contributed by atoms with Crippen molar-refractivity contribution in [2.45, 2.75) is 309 Å². The molecular formula is C75H124O6. The molecule has 0 bridgehead atoms. The Hall–Kier alpha value is -4.45. The van der Waals surface area contributed by atoms with Crippen LogP contribution in [0.25, 0.3) is 0 Å². The van der Waals surface area contributed by atoms with Gasteiger partial charge in [-0.1, -0.05) is 296 Å². The Balaban J connectivity index is 4.33. The zero-order valence-electron chi connectivity index (χ0n) is 52.8. The number of hydrogen-bond donors (Lipinski definition) is 0. The van der Waals surface area contributed by atoms with Crippen LogP contribution in [0.4, 0.5) is 0 Å². The highest BCUT2D eigenvalue weighted by Gasteiger charge is 2.19. The number of rotatable bonds is 60. The molecule has 460 valence electrons. The number of esters is 3. The predicted octanol–water partition coefficient (Wildman–Crippen LogP) is 23.3. The van der Waals surface area contributed by atoms with Crippen molar-refractivity contribution in [2.24, 2.45) is 0 Å². The molecule has 0 fully saturated rings. The third-order valence-electron chi connectivity index (χ3n) is 14.1. The Morgan fingerprint density at radius 2 is 0.481 bits per heavy atom. The van der Waals surface area contributed by atoms with Crippen LogP contribution in [-0.4, -0.2) is 37.2 Å². The van der Waals surface area contributed by atoms with Crippen molar-refractivity contribution in [1.82, 2.24) is 0 Å². The molecule has 0 radical (unpaired) electrons. The number of carbonyl (C=O) groups is 3. The van der Waals surface area contributed by atoms with E-state index in [4.69, 9.17) is 14.2 Å². The monoisotopic (exact) mass is 1120 g/mol. The maximum absolute atomic E-state index is 12.9. The molecule has 0 aliphatic rings. The highest BCUT2D eigenvalue weighted by atomic mass is 16.6. The smallest absolute Gasteiger partial charge is 0.306 e. The van der Waals surface area contributed by atoms with Gasteiger partial charge >= 0.3 is 17.9 Å². The largest absolute Gasteiger partial charge is 0.462 e. The van der Waals surface area contributed by atoms with Crippen molar-refractivity contribution >= 4 is 17.9 Å². The van der Waals surface area contributed by atoms with Gasteiger partial charge in [0.2, 0.25) is 0 Å². The minimum Gasteiger partial charge on any atom is -0.462 e. The van der Waals surface area contributed by atoms with Crippen LogP contribution in [0.2, 0.25) is 0 Å². The lowest BCUT2D eigenvalue weighted by Crippen LogP contribution is -2.30. The molecule has 0 rings (SSSR count). The lowest BCUT2D eigenvalue weighted by atomic mass is 10.1. The summed E-state index contributed by atoms with van der Waals surface area (Å²) < 4.78 is 16.9. The summed E-state index contributed by atoms with van der Waals surface area (Å²) in [6.07, 6.45) is 96.0. The standard InChI is InChI=1S/C75H124O6/c1-4-7-10-13-16-19-22-24-26-28-30-32-33-34-35-36-37-38-39-40-41-43-44-46-48-50-53-56-59-62-65-68-74(77)80-71-72(70-79-73(76)67-64-61-58-55-52-21-18-15-12-9-6-3)81-75(78)69-66-63-60-57-54-51-49-47-45-42-31-29-27-25-23-20-17-14-11-8-5-2/h7,10,16,19,23-26,29-32,34-35,37-38,40-41,44-47,72H,4-6,8-9,11-15,17-18,20-22,27-28,33,36,39,42-43,48-71H2,1-3H3/b10-7-,19-16-,25-23-,26-24-,31-29-,32-30-,35-34-,38-37-,41-40-,46-44-,47-45-. The quantitative estimate of drug-likeness (QED) is 0.0261. The van der Waals surface area contributed by atoms with Crippen LogP contribution in [0.1, 0.15) is 303 Å². The normalized spacial score (nSPS) is 13.0. The molecule has 6 heteroatoms. The first kappa shape index (κ1) is 76.5. The first-order valence-electron chi connectivity index (χ1n) is 33.7.